The number of rotatable bonds is 3. The van der Waals surface area contributed by atoms with E-state index in [0.29, 0.717) is 19.6 Å². The van der Waals surface area contributed by atoms with E-state index in [1.165, 1.54) is 0 Å². The highest BCUT2D eigenvalue weighted by atomic mass is 35.5. The summed E-state index contributed by atoms with van der Waals surface area (Å²) in [6, 6.07) is 0.852. The lowest BCUT2D eigenvalue weighted by atomic mass is 9.98. The number of carbonyl (C=O) groups excluding carboxylic acids is 1. The fraction of sp³-hybridized carbons (Fsp3) is 0.647. The Labute approximate surface area is 155 Å². The van der Waals surface area contributed by atoms with E-state index in [1.54, 1.807) is 4.90 Å². The molecule has 146 valence electrons. The lowest BCUT2D eigenvalue weighted by Gasteiger charge is -2.34. The minimum Gasteiger partial charge on any atom is -0.444 e. The predicted molar refractivity (Wildman–Crippen MR) is 93.3 cm³/mol. The average molecular weight is 394 g/mol. The molecule has 1 aliphatic rings. The molecular weight excluding hydrogens is 371 g/mol. The van der Waals surface area contributed by atoms with Gasteiger partial charge in [0.05, 0.1) is 10.6 Å². The zero-order valence-electron chi connectivity index (χ0n) is 15.0. The van der Waals surface area contributed by atoms with Crippen LogP contribution in [0.1, 0.15) is 39.2 Å². The second-order valence-electron chi connectivity index (χ2n) is 7.37. The van der Waals surface area contributed by atoms with E-state index in [1.807, 2.05) is 20.8 Å². The maximum atomic E-state index is 12.6. The predicted octanol–water partition coefficient (Wildman–Crippen LogP) is 4.81. The van der Waals surface area contributed by atoms with Crippen molar-refractivity contribution < 1.29 is 22.7 Å². The van der Waals surface area contributed by atoms with E-state index in [-0.39, 0.29) is 22.9 Å². The largest absolute Gasteiger partial charge is 0.444 e. The molecule has 5 nitrogen and oxygen atoms in total. The van der Waals surface area contributed by atoms with Gasteiger partial charge in [0.15, 0.2) is 0 Å². The van der Waals surface area contributed by atoms with Crippen LogP contribution in [0.2, 0.25) is 5.02 Å². The number of piperidine rings is 1. The number of pyridine rings is 1. The number of hydrogen-bond donors (Lipinski definition) is 1. The molecule has 26 heavy (non-hydrogen) atoms. The molecule has 9 heteroatoms. The molecular formula is C17H23ClF3N3O2. The van der Waals surface area contributed by atoms with E-state index in [2.05, 4.69) is 10.3 Å². The number of amides is 1. The van der Waals surface area contributed by atoms with Gasteiger partial charge in [-0.1, -0.05) is 11.6 Å². The van der Waals surface area contributed by atoms with Crippen molar-refractivity contribution in [3.05, 3.63) is 22.8 Å². The fourth-order valence-electron chi connectivity index (χ4n) is 2.69. The molecule has 2 rings (SSSR count). The second-order valence-corrected chi connectivity index (χ2v) is 7.77. The van der Waals surface area contributed by atoms with E-state index in [4.69, 9.17) is 16.3 Å². The lowest BCUT2D eigenvalue weighted by Crippen LogP contribution is -2.44. The van der Waals surface area contributed by atoms with Gasteiger partial charge in [0.25, 0.3) is 0 Å². The smallest absolute Gasteiger partial charge is 0.417 e. The van der Waals surface area contributed by atoms with Crippen LogP contribution in [-0.4, -0.2) is 41.2 Å². The number of hydrogen-bond acceptors (Lipinski definition) is 4. The summed E-state index contributed by atoms with van der Waals surface area (Å²) in [6.07, 6.45) is -2.35. The molecule has 1 aliphatic heterocycles. The van der Waals surface area contributed by atoms with Crippen LogP contribution in [0.15, 0.2) is 12.3 Å². The highest BCUT2D eigenvalue weighted by molar-refractivity contribution is 6.32. The van der Waals surface area contributed by atoms with Gasteiger partial charge >= 0.3 is 12.3 Å². The van der Waals surface area contributed by atoms with Crippen LogP contribution >= 0.6 is 11.6 Å². The number of alkyl halides is 3. The first kappa shape index (κ1) is 20.6. The second kappa shape index (κ2) is 7.90. The van der Waals surface area contributed by atoms with Crippen molar-refractivity contribution in [1.82, 2.24) is 9.88 Å². The summed E-state index contributed by atoms with van der Waals surface area (Å²) in [7, 11) is 0. The SMILES string of the molecule is CC(C)(C)OC(=O)N1CCC[C@H](CNc2ncc(C(F)(F)F)cc2Cl)C1. The summed E-state index contributed by atoms with van der Waals surface area (Å²) in [5, 5.41) is 2.90. The molecule has 1 amide bonds. The summed E-state index contributed by atoms with van der Waals surface area (Å²) in [4.78, 5) is 17.6. The third-order valence-corrected chi connectivity index (χ3v) is 4.19. The van der Waals surface area contributed by atoms with Gasteiger partial charge in [-0.05, 0) is 45.6 Å². The zero-order valence-corrected chi connectivity index (χ0v) is 15.7. The number of halogens is 4. The quantitative estimate of drug-likeness (QED) is 0.800. The Bertz CT molecular complexity index is 647. The van der Waals surface area contributed by atoms with Crippen molar-refractivity contribution >= 4 is 23.5 Å². The van der Waals surface area contributed by atoms with Gasteiger partial charge in [0.2, 0.25) is 0 Å². The van der Waals surface area contributed by atoms with Gasteiger partial charge in [-0.25, -0.2) is 9.78 Å². The third-order valence-electron chi connectivity index (χ3n) is 3.90. The Hall–Kier alpha value is -1.70. The molecule has 0 aromatic carbocycles. The minimum absolute atomic E-state index is 0.0837. The fourth-order valence-corrected chi connectivity index (χ4v) is 2.92. The van der Waals surface area contributed by atoms with Crippen LogP contribution in [0.3, 0.4) is 0 Å². The van der Waals surface area contributed by atoms with Gasteiger partial charge < -0.3 is 15.0 Å². The molecule has 0 aliphatic carbocycles. The zero-order chi connectivity index (χ0) is 19.5. The monoisotopic (exact) mass is 393 g/mol. The van der Waals surface area contributed by atoms with Crippen LogP contribution in [0.4, 0.5) is 23.8 Å². The molecule has 0 bridgehead atoms. The highest BCUT2D eigenvalue weighted by Gasteiger charge is 2.32. The van der Waals surface area contributed by atoms with Crippen LogP contribution in [0.25, 0.3) is 0 Å². The molecule has 1 aromatic rings. The van der Waals surface area contributed by atoms with E-state index in [9.17, 15) is 18.0 Å². The Morgan fingerprint density at radius 1 is 1.42 bits per heavy atom. The molecule has 0 saturated carbocycles. The number of ether oxygens (including phenoxy) is 1. The van der Waals surface area contributed by atoms with Crippen molar-refractivity contribution in [2.75, 3.05) is 25.0 Å². The summed E-state index contributed by atoms with van der Waals surface area (Å²) < 4.78 is 43.3. The van der Waals surface area contributed by atoms with Crippen molar-refractivity contribution in [3.8, 4) is 0 Å². The van der Waals surface area contributed by atoms with Crippen LogP contribution in [-0.2, 0) is 10.9 Å². The molecule has 1 atom stereocenters. The molecule has 2 heterocycles. The summed E-state index contributed by atoms with van der Waals surface area (Å²) in [5.74, 6) is 0.338. The van der Waals surface area contributed by atoms with Crippen molar-refractivity contribution in [2.24, 2.45) is 5.92 Å². The van der Waals surface area contributed by atoms with Crippen molar-refractivity contribution in [1.29, 1.82) is 0 Å². The Morgan fingerprint density at radius 2 is 2.12 bits per heavy atom. The standard InChI is InChI=1S/C17H23ClF3N3O2/c1-16(2,3)26-15(25)24-6-4-5-11(10-24)8-22-14-13(18)7-12(9-23-14)17(19,20)21/h7,9,11H,4-6,8,10H2,1-3H3,(H,22,23)/t11-/m1/s1. The number of anilines is 1. The van der Waals surface area contributed by atoms with Crippen molar-refractivity contribution in [3.63, 3.8) is 0 Å². The summed E-state index contributed by atoms with van der Waals surface area (Å²) in [5.41, 5.74) is -1.44. The van der Waals surface area contributed by atoms with Gasteiger partial charge in [-0.15, -0.1) is 0 Å². The lowest BCUT2D eigenvalue weighted by molar-refractivity contribution is -0.137. The maximum absolute atomic E-state index is 12.6. The number of nitrogens with zero attached hydrogens (tertiary/aromatic N) is 2. The van der Waals surface area contributed by atoms with E-state index < -0.39 is 17.3 Å². The van der Waals surface area contributed by atoms with E-state index >= 15 is 0 Å². The molecule has 0 radical (unpaired) electrons. The number of aromatic nitrogens is 1. The van der Waals surface area contributed by atoms with E-state index in [0.717, 1.165) is 25.1 Å². The number of nitrogens with one attached hydrogen (secondary N) is 1. The van der Waals surface area contributed by atoms with Gasteiger partial charge in [0.1, 0.15) is 11.4 Å². The maximum Gasteiger partial charge on any atom is 0.417 e. The molecule has 1 N–H and O–H groups in total. The van der Waals surface area contributed by atoms with Crippen molar-refractivity contribution in [2.45, 2.75) is 45.4 Å². The Balaban J connectivity index is 1.92. The molecule has 0 spiro atoms. The number of likely N-dealkylation sites (tertiary alicyclic amines) is 1. The molecule has 1 saturated heterocycles. The van der Waals surface area contributed by atoms with Crippen LogP contribution < -0.4 is 5.32 Å². The van der Waals surface area contributed by atoms with Gasteiger partial charge in [0, 0.05) is 25.8 Å². The first-order valence-corrected chi connectivity index (χ1v) is 8.78. The first-order valence-electron chi connectivity index (χ1n) is 8.40. The topological polar surface area (TPSA) is 54.5 Å². The van der Waals surface area contributed by atoms with Gasteiger partial charge in [-0.2, -0.15) is 13.2 Å². The molecule has 0 unspecified atom stereocenters. The minimum atomic E-state index is -4.48. The highest BCUT2D eigenvalue weighted by Crippen LogP contribution is 2.32. The van der Waals surface area contributed by atoms with Gasteiger partial charge in [-0.3, -0.25) is 0 Å². The Morgan fingerprint density at radius 3 is 2.69 bits per heavy atom. The normalized spacial score (nSPS) is 18.6. The number of carbonyl (C=O) groups is 1. The molecule has 1 aromatic heterocycles. The molecule has 1 fully saturated rings. The van der Waals surface area contributed by atoms with Crippen LogP contribution in [0.5, 0.6) is 0 Å². The summed E-state index contributed by atoms with van der Waals surface area (Å²) in [6.45, 7) is 7.03. The Kier molecular flexibility index (Phi) is 6.26. The summed E-state index contributed by atoms with van der Waals surface area (Å²) >= 11 is 5.90. The first-order chi connectivity index (χ1) is 12.0. The average Bonchev–Trinajstić information content (AvgIpc) is 2.51. The third kappa shape index (κ3) is 5.93. The van der Waals surface area contributed by atoms with Crippen LogP contribution in [0, 0.1) is 5.92 Å².